The highest BCUT2D eigenvalue weighted by molar-refractivity contribution is 6.04. The van der Waals surface area contributed by atoms with Gasteiger partial charge >= 0.3 is 0 Å². The van der Waals surface area contributed by atoms with Crippen LogP contribution in [0, 0.1) is 0 Å². The molecule has 0 bridgehead atoms. The maximum Gasteiger partial charge on any atom is 0.257 e. The van der Waals surface area contributed by atoms with E-state index in [-0.39, 0.29) is 17.8 Å². The van der Waals surface area contributed by atoms with Gasteiger partial charge in [-0.2, -0.15) is 0 Å². The van der Waals surface area contributed by atoms with Crippen molar-refractivity contribution >= 4 is 28.9 Å². The van der Waals surface area contributed by atoms with Gasteiger partial charge in [-0.1, -0.05) is 0 Å². The summed E-state index contributed by atoms with van der Waals surface area (Å²) < 4.78 is 5.59. The second kappa shape index (κ2) is 9.01. The van der Waals surface area contributed by atoms with Gasteiger partial charge in [-0.05, 0) is 81.4 Å². The molecule has 0 spiro atoms. The molecular weight excluding hydrogens is 366 g/mol. The summed E-state index contributed by atoms with van der Waals surface area (Å²) in [5.74, 6) is 1.14. The molecule has 1 amide bonds. The lowest BCUT2D eigenvalue weighted by atomic mass is 10.1. The molecule has 0 unspecified atom stereocenters. The molecule has 2 N–H and O–H groups in total. The van der Waals surface area contributed by atoms with Gasteiger partial charge < -0.3 is 15.4 Å². The number of nitrogens with one attached hydrogen (secondary N) is 2. The number of amides is 1. The average molecular weight is 389 g/mol. The Hall–Kier alpha value is -3.67. The summed E-state index contributed by atoms with van der Waals surface area (Å²) in [7, 11) is 0. The van der Waals surface area contributed by atoms with E-state index in [9.17, 15) is 9.59 Å². The fourth-order valence-corrected chi connectivity index (χ4v) is 2.63. The summed E-state index contributed by atoms with van der Waals surface area (Å²) >= 11 is 0. The molecule has 0 saturated heterocycles. The highest BCUT2D eigenvalue weighted by Crippen LogP contribution is 2.19. The van der Waals surface area contributed by atoms with E-state index >= 15 is 0 Å². The number of hydrogen-bond donors (Lipinski definition) is 2. The molecule has 0 aliphatic carbocycles. The van der Waals surface area contributed by atoms with Crippen LogP contribution in [0.1, 0.15) is 41.5 Å². The zero-order chi connectivity index (χ0) is 20.8. The van der Waals surface area contributed by atoms with Gasteiger partial charge in [-0.25, -0.2) is 4.98 Å². The minimum atomic E-state index is -0.243. The van der Waals surface area contributed by atoms with Crippen LogP contribution in [0.5, 0.6) is 5.75 Å². The Morgan fingerprint density at radius 3 is 2.03 bits per heavy atom. The molecule has 1 heterocycles. The van der Waals surface area contributed by atoms with Gasteiger partial charge in [0.05, 0.1) is 11.7 Å². The molecule has 0 fully saturated rings. The van der Waals surface area contributed by atoms with Crippen LogP contribution in [-0.2, 0) is 0 Å². The minimum Gasteiger partial charge on any atom is -0.491 e. The van der Waals surface area contributed by atoms with Crippen molar-refractivity contribution in [1.29, 1.82) is 0 Å². The Morgan fingerprint density at radius 1 is 0.862 bits per heavy atom. The molecule has 6 nitrogen and oxygen atoms in total. The van der Waals surface area contributed by atoms with Crippen molar-refractivity contribution in [3.05, 3.63) is 78.0 Å². The number of aromatic nitrogens is 1. The fourth-order valence-electron chi connectivity index (χ4n) is 2.63. The van der Waals surface area contributed by atoms with Crippen LogP contribution in [0.25, 0.3) is 0 Å². The first-order valence-electron chi connectivity index (χ1n) is 9.33. The molecule has 0 atom stereocenters. The third kappa shape index (κ3) is 5.65. The largest absolute Gasteiger partial charge is 0.491 e. The highest BCUT2D eigenvalue weighted by Gasteiger charge is 2.08. The van der Waals surface area contributed by atoms with E-state index in [1.165, 1.54) is 13.1 Å². The first-order valence-corrected chi connectivity index (χ1v) is 9.33. The van der Waals surface area contributed by atoms with Gasteiger partial charge in [0.25, 0.3) is 5.91 Å². The number of anilines is 3. The molecule has 3 aromatic rings. The number of benzene rings is 2. The lowest BCUT2D eigenvalue weighted by Crippen LogP contribution is -2.12. The average Bonchev–Trinajstić information content (AvgIpc) is 2.70. The van der Waals surface area contributed by atoms with Crippen LogP contribution in [0.2, 0.25) is 0 Å². The number of rotatable bonds is 7. The molecule has 0 aliphatic heterocycles. The smallest absolute Gasteiger partial charge is 0.257 e. The second-order valence-corrected chi connectivity index (χ2v) is 6.84. The van der Waals surface area contributed by atoms with Crippen molar-refractivity contribution in [2.24, 2.45) is 0 Å². The van der Waals surface area contributed by atoms with Crippen molar-refractivity contribution in [2.45, 2.75) is 26.9 Å². The maximum atomic E-state index is 12.4. The molecule has 6 heteroatoms. The number of hydrogen-bond acceptors (Lipinski definition) is 5. The zero-order valence-electron chi connectivity index (χ0n) is 16.6. The van der Waals surface area contributed by atoms with E-state index in [0.29, 0.717) is 22.6 Å². The number of ether oxygens (including phenoxy) is 1. The van der Waals surface area contributed by atoms with Gasteiger partial charge in [-0.15, -0.1) is 0 Å². The number of ketones is 1. The van der Waals surface area contributed by atoms with Gasteiger partial charge in [0, 0.05) is 23.1 Å². The Kier molecular flexibility index (Phi) is 6.24. The highest BCUT2D eigenvalue weighted by atomic mass is 16.5. The van der Waals surface area contributed by atoms with Crippen LogP contribution < -0.4 is 15.4 Å². The van der Waals surface area contributed by atoms with Crippen LogP contribution >= 0.6 is 0 Å². The minimum absolute atomic E-state index is 0.0205. The molecule has 148 valence electrons. The third-order valence-corrected chi connectivity index (χ3v) is 4.07. The summed E-state index contributed by atoms with van der Waals surface area (Å²) in [6.07, 6.45) is 1.61. The number of carbonyl (C=O) groups excluding carboxylic acids is 2. The summed E-state index contributed by atoms with van der Waals surface area (Å²) in [6, 6.07) is 17.8. The molecule has 0 aliphatic rings. The standard InChI is InChI=1S/C23H23N3O3/c1-15(2)29-21-11-9-20(10-12-21)26-23(28)18-6-13-22(24-14-18)25-19-7-4-17(5-8-19)16(3)27/h4-15H,1-3H3,(H,24,25)(H,26,28). The molecule has 0 radical (unpaired) electrons. The number of nitrogens with zero attached hydrogens (tertiary/aromatic N) is 1. The van der Waals surface area contributed by atoms with E-state index in [4.69, 9.17) is 4.74 Å². The number of carbonyl (C=O) groups is 2. The van der Waals surface area contributed by atoms with Gasteiger partial charge in [0.2, 0.25) is 0 Å². The number of pyridine rings is 1. The summed E-state index contributed by atoms with van der Waals surface area (Å²) in [6.45, 7) is 5.45. The van der Waals surface area contributed by atoms with Crippen LogP contribution in [0.4, 0.5) is 17.2 Å². The Balaban J connectivity index is 1.60. The molecule has 2 aromatic carbocycles. The molecule has 1 aromatic heterocycles. The Morgan fingerprint density at radius 2 is 1.48 bits per heavy atom. The van der Waals surface area contributed by atoms with Gasteiger partial charge in [-0.3, -0.25) is 9.59 Å². The Labute approximate surface area is 169 Å². The number of Topliss-reactive ketones (excluding diaryl/α,β-unsaturated/α-hetero) is 1. The van der Waals surface area contributed by atoms with Crippen LogP contribution in [0.15, 0.2) is 66.9 Å². The van der Waals surface area contributed by atoms with E-state index in [1.54, 1.807) is 36.4 Å². The monoisotopic (exact) mass is 389 g/mol. The van der Waals surface area contributed by atoms with E-state index in [2.05, 4.69) is 15.6 Å². The van der Waals surface area contributed by atoms with E-state index < -0.39 is 0 Å². The Bertz CT molecular complexity index is 979. The van der Waals surface area contributed by atoms with E-state index in [1.807, 2.05) is 38.1 Å². The first-order chi connectivity index (χ1) is 13.9. The molecule has 0 saturated carbocycles. The molecule has 3 rings (SSSR count). The van der Waals surface area contributed by atoms with Gasteiger partial charge in [0.1, 0.15) is 11.6 Å². The topological polar surface area (TPSA) is 80.3 Å². The van der Waals surface area contributed by atoms with Crippen molar-refractivity contribution in [3.8, 4) is 5.75 Å². The maximum absolute atomic E-state index is 12.4. The molecular formula is C23H23N3O3. The van der Waals surface area contributed by atoms with Gasteiger partial charge in [0.15, 0.2) is 5.78 Å². The lowest BCUT2D eigenvalue weighted by molar-refractivity contribution is 0.101. The predicted molar refractivity (Wildman–Crippen MR) is 114 cm³/mol. The van der Waals surface area contributed by atoms with Crippen molar-refractivity contribution in [1.82, 2.24) is 4.98 Å². The second-order valence-electron chi connectivity index (χ2n) is 6.84. The van der Waals surface area contributed by atoms with Crippen molar-refractivity contribution < 1.29 is 14.3 Å². The summed E-state index contributed by atoms with van der Waals surface area (Å²) in [4.78, 5) is 28.0. The van der Waals surface area contributed by atoms with Crippen molar-refractivity contribution in [2.75, 3.05) is 10.6 Å². The predicted octanol–water partition coefficient (Wildman–Crippen LogP) is 5.07. The fraction of sp³-hybridized carbons (Fsp3) is 0.174. The van der Waals surface area contributed by atoms with E-state index in [0.717, 1.165) is 11.4 Å². The van der Waals surface area contributed by atoms with Crippen molar-refractivity contribution in [3.63, 3.8) is 0 Å². The summed E-state index contributed by atoms with van der Waals surface area (Å²) in [5, 5.41) is 5.98. The normalized spacial score (nSPS) is 10.5. The zero-order valence-corrected chi connectivity index (χ0v) is 16.6. The van der Waals surface area contributed by atoms with Crippen LogP contribution in [0.3, 0.4) is 0 Å². The lowest BCUT2D eigenvalue weighted by Gasteiger charge is -2.11. The molecule has 29 heavy (non-hydrogen) atoms. The first kappa shape index (κ1) is 20.1. The quantitative estimate of drug-likeness (QED) is 0.552. The summed E-state index contributed by atoms with van der Waals surface area (Å²) in [5.41, 5.74) is 2.59. The SMILES string of the molecule is CC(=O)c1ccc(Nc2ccc(C(=O)Nc3ccc(OC(C)C)cc3)cn2)cc1. The third-order valence-electron chi connectivity index (χ3n) is 4.07. The van der Waals surface area contributed by atoms with Crippen LogP contribution in [-0.4, -0.2) is 22.8 Å².